The molecule has 6 aliphatic rings. The van der Waals surface area contributed by atoms with E-state index in [9.17, 15) is 9.50 Å². The molecule has 3 aromatic rings. The molecule has 5 atom stereocenters. The van der Waals surface area contributed by atoms with Crippen molar-refractivity contribution < 1.29 is 14.2 Å². The molecular weight excluding hydrogens is 567 g/mol. The van der Waals surface area contributed by atoms with Crippen molar-refractivity contribution in [1.82, 2.24) is 20.2 Å². The number of terminal acetylenes is 1. The normalized spacial score (nSPS) is 30.4. The van der Waals surface area contributed by atoms with Crippen molar-refractivity contribution in [3.63, 3.8) is 0 Å². The smallest absolute Gasteiger partial charge is 0.318 e. The number of aromatic nitrogens is 2. The third-order valence-electron chi connectivity index (χ3n) is 11.8. The molecule has 234 valence electrons. The number of piperazine rings is 1. The lowest BCUT2D eigenvalue weighted by atomic mass is 9.90. The summed E-state index contributed by atoms with van der Waals surface area (Å²) in [6.45, 7) is 4.87. The quantitative estimate of drug-likeness (QED) is 0.403. The van der Waals surface area contributed by atoms with Crippen LogP contribution in [0.1, 0.15) is 68.2 Å². The number of hydrogen-bond donors (Lipinski definition) is 2. The van der Waals surface area contributed by atoms with Crippen LogP contribution in [0.5, 0.6) is 11.8 Å². The van der Waals surface area contributed by atoms with Gasteiger partial charge < -0.3 is 25.0 Å². The third-order valence-corrected chi connectivity index (χ3v) is 11.8. The number of phenols is 1. The molecule has 8 nitrogen and oxygen atoms in total. The van der Waals surface area contributed by atoms with Crippen LogP contribution in [0.4, 0.5) is 15.9 Å². The Balaban J connectivity index is 1.08. The molecule has 2 unspecified atom stereocenters. The molecule has 5 aliphatic heterocycles. The fourth-order valence-corrected chi connectivity index (χ4v) is 9.95. The van der Waals surface area contributed by atoms with Gasteiger partial charge in [-0.15, -0.1) is 6.42 Å². The van der Waals surface area contributed by atoms with E-state index in [-0.39, 0.29) is 16.9 Å². The zero-order valence-corrected chi connectivity index (χ0v) is 25.8. The highest BCUT2D eigenvalue weighted by molar-refractivity contribution is 6.00. The summed E-state index contributed by atoms with van der Waals surface area (Å²) in [4.78, 5) is 17.7. The first-order valence-corrected chi connectivity index (χ1v) is 17.0. The van der Waals surface area contributed by atoms with Crippen LogP contribution in [0, 0.1) is 24.1 Å². The number of nitrogens with one attached hydrogen (secondary N) is 1. The van der Waals surface area contributed by atoms with Crippen LogP contribution in [-0.4, -0.2) is 76.4 Å². The minimum Gasteiger partial charge on any atom is -0.508 e. The Morgan fingerprint density at radius 3 is 2.78 bits per heavy atom. The molecule has 2 N–H and O–H groups in total. The van der Waals surface area contributed by atoms with Gasteiger partial charge >= 0.3 is 6.01 Å². The van der Waals surface area contributed by atoms with Crippen LogP contribution in [0.25, 0.3) is 10.8 Å². The highest BCUT2D eigenvalue weighted by Gasteiger charge is 2.55. The molecule has 45 heavy (non-hydrogen) atoms. The van der Waals surface area contributed by atoms with Crippen molar-refractivity contribution in [2.75, 3.05) is 42.6 Å². The second-order valence-electron chi connectivity index (χ2n) is 14.4. The molecule has 9 heteroatoms. The number of ether oxygens (including phenoxy) is 1. The highest BCUT2D eigenvalue weighted by Crippen LogP contribution is 2.51. The van der Waals surface area contributed by atoms with E-state index in [0.717, 1.165) is 54.1 Å². The van der Waals surface area contributed by atoms with Crippen LogP contribution in [0.15, 0.2) is 24.3 Å². The lowest BCUT2D eigenvalue weighted by Crippen LogP contribution is -2.52. The van der Waals surface area contributed by atoms with Crippen LogP contribution in [0.3, 0.4) is 0 Å². The average molecular weight is 609 g/mol. The predicted molar refractivity (Wildman–Crippen MR) is 172 cm³/mol. The number of rotatable bonds is 5. The molecule has 4 saturated heterocycles. The van der Waals surface area contributed by atoms with E-state index in [1.807, 2.05) is 0 Å². The zero-order valence-electron chi connectivity index (χ0n) is 25.8. The van der Waals surface area contributed by atoms with Gasteiger partial charge in [-0.3, -0.25) is 4.90 Å². The molecule has 1 aromatic heterocycles. The molecule has 0 amide bonds. The number of hydrogen-bond acceptors (Lipinski definition) is 8. The van der Waals surface area contributed by atoms with Gasteiger partial charge in [0.2, 0.25) is 0 Å². The van der Waals surface area contributed by atoms with Crippen molar-refractivity contribution in [3.8, 4) is 24.1 Å². The standard InChI is InChI=1S/C36H41FN6O2/c1-2-27-29(37)10-7-22-15-26(44)16-32(33(22)27)41-14-11-28-30(20-41)39-35(40-34(28)42-18-24-8-9-25(19-42)38-24)45-21-36-12-4-13-43(36)31-6-3-5-23(31)17-36/h1,7,10,15-16,23-25,31,38,44H,3-6,8-9,11-14,17-21H2/t23-,24?,25?,31-,36+/m1/s1. The summed E-state index contributed by atoms with van der Waals surface area (Å²) in [6.07, 6.45) is 16.6. The van der Waals surface area contributed by atoms with Gasteiger partial charge in [0, 0.05) is 60.5 Å². The largest absolute Gasteiger partial charge is 0.508 e. The molecule has 2 aromatic carbocycles. The van der Waals surface area contributed by atoms with E-state index >= 15 is 0 Å². The first-order valence-electron chi connectivity index (χ1n) is 17.0. The third kappa shape index (κ3) is 4.47. The molecule has 6 heterocycles. The fraction of sp³-hybridized carbons (Fsp3) is 0.556. The summed E-state index contributed by atoms with van der Waals surface area (Å²) < 4.78 is 21.6. The topological polar surface area (TPSA) is 77.0 Å². The highest BCUT2D eigenvalue weighted by atomic mass is 19.1. The van der Waals surface area contributed by atoms with E-state index in [0.29, 0.717) is 43.2 Å². The maximum atomic E-state index is 14.9. The molecule has 5 fully saturated rings. The van der Waals surface area contributed by atoms with E-state index in [1.165, 1.54) is 69.5 Å². The zero-order chi connectivity index (χ0) is 30.3. The van der Waals surface area contributed by atoms with Crippen molar-refractivity contribution in [2.24, 2.45) is 5.92 Å². The number of benzene rings is 2. The van der Waals surface area contributed by atoms with Crippen LogP contribution in [0.2, 0.25) is 0 Å². The minimum absolute atomic E-state index is 0.103. The molecule has 2 bridgehead atoms. The van der Waals surface area contributed by atoms with Gasteiger partial charge in [0.1, 0.15) is 24.0 Å². The number of fused-ring (bicyclic) bond motifs is 7. The van der Waals surface area contributed by atoms with Gasteiger partial charge in [0.15, 0.2) is 0 Å². The number of nitrogens with zero attached hydrogens (tertiary/aromatic N) is 5. The average Bonchev–Trinajstić information content (AvgIpc) is 3.81. The van der Waals surface area contributed by atoms with E-state index in [4.69, 9.17) is 21.1 Å². The number of aromatic hydroxyl groups is 1. The Hall–Kier alpha value is -3.61. The summed E-state index contributed by atoms with van der Waals surface area (Å²) in [7, 11) is 0. The van der Waals surface area contributed by atoms with Crippen molar-refractivity contribution in [2.45, 2.75) is 88.0 Å². The van der Waals surface area contributed by atoms with Crippen molar-refractivity contribution >= 4 is 22.3 Å². The summed E-state index contributed by atoms with van der Waals surface area (Å²) in [5, 5.41) is 15.8. The monoisotopic (exact) mass is 608 g/mol. The second kappa shape index (κ2) is 10.5. The number of halogens is 1. The van der Waals surface area contributed by atoms with Gasteiger partial charge in [-0.25, -0.2) is 4.39 Å². The lowest BCUT2D eigenvalue weighted by molar-refractivity contribution is 0.0829. The number of anilines is 2. The Morgan fingerprint density at radius 2 is 1.93 bits per heavy atom. The Morgan fingerprint density at radius 1 is 1.07 bits per heavy atom. The van der Waals surface area contributed by atoms with Crippen LogP contribution in [-0.2, 0) is 13.0 Å². The molecule has 0 radical (unpaired) electrons. The van der Waals surface area contributed by atoms with Gasteiger partial charge in [-0.2, -0.15) is 9.97 Å². The Labute approximate surface area is 264 Å². The predicted octanol–water partition coefficient (Wildman–Crippen LogP) is 4.74. The maximum absolute atomic E-state index is 14.9. The van der Waals surface area contributed by atoms with Crippen LogP contribution >= 0.6 is 0 Å². The molecule has 1 saturated carbocycles. The minimum atomic E-state index is -0.431. The first-order chi connectivity index (χ1) is 22.0. The lowest BCUT2D eigenvalue weighted by Gasteiger charge is -2.38. The first kappa shape index (κ1) is 27.7. The SMILES string of the molecule is C#Cc1c(F)ccc2cc(O)cc(N3CCc4c(nc(OC[C@@]56CCCN5[C@@H]5CCC[C@@H]5C6)nc4N4CC5CCC(C4)N5)C3)c12. The maximum Gasteiger partial charge on any atom is 0.318 e. The molecule has 1 aliphatic carbocycles. The number of phenolic OH excluding ortho intramolecular Hbond substituents is 1. The summed E-state index contributed by atoms with van der Waals surface area (Å²) in [6, 6.07) is 8.55. The summed E-state index contributed by atoms with van der Waals surface area (Å²) in [5.74, 6) is 4.07. The molecular formula is C36H41FN6O2. The van der Waals surface area contributed by atoms with Gasteiger partial charge in [-0.05, 0) is 81.3 Å². The van der Waals surface area contributed by atoms with Gasteiger partial charge in [0.25, 0.3) is 0 Å². The second-order valence-corrected chi connectivity index (χ2v) is 14.4. The van der Waals surface area contributed by atoms with Crippen molar-refractivity contribution in [3.05, 3.63) is 46.9 Å². The molecule has 9 rings (SSSR count). The Kier molecular flexibility index (Phi) is 6.44. The van der Waals surface area contributed by atoms with Gasteiger partial charge in [-0.1, -0.05) is 18.4 Å². The Bertz CT molecular complexity index is 1710. The fourth-order valence-electron chi connectivity index (χ4n) is 9.95. The van der Waals surface area contributed by atoms with Crippen LogP contribution < -0.4 is 19.9 Å². The van der Waals surface area contributed by atoms with E-state index in [2.05, 4.69) is 25.9 Å². The summed E-state index contributed by atoms with van der Waals surface area (Å²) in [5.41, 5.74) is 3.16. The van der Waals surface area contributed by atoms with Gasteiger partial charge in [0.05, 0.1) is 23.3 Å². The molecule has 0 spiro atoms. The van der Waals surface area contributed by atoms with E-state index in [1.54, 1.807) is 18.2 Å². The van der Waals surface area contributed by atoms with E-state index < -0.39 is 5.82 Å². The summed E-state index contributed by atoms with van der Waals surface area (Å²) >= 11 is 0. The van der Waals surface area contributed by atoms with Crippen molar-refractivity contribution in [1.29, 1.82) is 0 Å².